The van der Waals surface area contributed by atoms with Crippen molar-refractivity contribution in [3.63, 3.8) is 0 Å². The molecular weight excluding hydrogens is 228 g/mol. The minimum absolute atomic E-state index is 0.272. The van der Waals surface area contributed by atoms with E-state index in [-0.39, 0.29) is 5.91 Å². The van der Waals surface area contributed by atoms with Crippen LogP contribution in [0, 0.1) is 5.92 Å². The molecule has 0 aliphatic carbocycles. The number of nitrogens with zero attached hydrogens (tertiary/aromatic N) is 1. The molecular formula is C14H26N2O2. The molecule has 1 unspecified atom stereocenters. The van der Waals surface area contributed by atoms with E-state index in [4.69, 9.17) is 4.74 Å². The van der Waals surface area contributed by atoms with Crippen LogP contribution in [0.15, 0.2) is 0 Å². The Labute approximate surface area is 110 Å². The molecule has 1 amide bonds. The van der Waals surface area contributed by atoms with Gasteiger partial charge in [0.2, 0.25) is 5.91 Å². The summed E-state index contributed by atoms with van der Waals surface area (Å²) in [5.41, 5.74) is 0. The SMILES string of the molecule is CC(NCC(=O)N1CCCCC1)C1CCOCC1. The summed E-state index contributed by atoms with van der Waals surface area (Å²) in [7, 11) is 0. The molecule has 2 fully saturated rings. The molecule has 2 rings (SSSR count). The first-order valence-corrected chi connectivity index (χ1v) is 7.36. The topological polar surface area (TPSA) is 41.6 Å². The number of hydrogen-bond donors (Lipinski definition) is 1. The van der Waals surface area contributed by atoms with Gasteiger partial charge in [0.1, 0.15) is 0 Å². The van der Waals surface area contributed by atoms with Crippen LogP contribution >= 0.6 is 0 Å². The third-order valence-corrected chi connectivity index (χ3v) is 4.26. The second kappa shape index (κ2) is 7.10. The zero-order chi connectivity index (χ0) is 12.8. The number of piperidine rings is 1. The molecule has 18 heavy (non-hydrogen) atoms. The number of carbonyl (C=O) groups is 1. The zero-order valence-electron chi connectivity index (χ0n) is 11.5. The first kappa shape index (κ1) is 13.8. The van der Waals surface area contributed by atoms with Gasteiger partial charge in [-0.3, -0.25) is 4.79 Å². The smallest absolute Gasteiger partial charge is 0.236 e. The highest BCUT2D eigenvalue weighted by Crippen LogP contribution is 2.18. The Morgan fingerprint density at radius 3 is 2.61 bits per heavy atom. The number of likely N-dealkylation sites (tertiary alicyclic amines) is 1. The third-order valence-electron chi connectivity index (χ3n) is 4.26. The summed E-state index contributed by atoms with van der Waals surface area (Å²) >= 11 is 0. The van der Waals surface area contributed by atoms with Gasteiger partial charge in [-0.25, -0.2) is 0 Å². The summed E-state index contributed by atoms with van der Waals surface area (Å²) in [6.07, 6.45) is 5.84. The van der Waals surface area contributed by atoms with Gasteiger partial charge >= 0.3 is 0 Å². The Morgan fingerprint density at radius 1 is 1.28 bits per heavy atom. The molecule has 0 saturated carbocycles. The second-order valence-corrected chi connectivity index (χ2v) is 5.56. The van der Waals surface area contributed by atoms with Crippen molar-refractivity contribution in [3.8, 4) is 0 Å². The fourth-order valence-corrected chi connectivity index (χ4v) is 2.89. The lowest BCUT2D eigenvalue weighted by atomic mass is 9.93. The summed E-state index contributed by atoms with van der Waals surface area (Å²) in [5, 5.41) is 3.40. The Kier molecular flexibility index (Phi) is 5.45. The van der Waals surface area contributed by atoms with Crippen molar-refractivity contribution in [3.05, 3.63) is 0 Å². The van der Waals surface area contributed by atoms with Crippen LogP contribution in [0.5, 0.6) is 0 Å². The number of carbonyl (C=O) groups excluding carboxylic acids is 1. The molecule has 2 saturated heterocycles. The van der Waals surface area contributed by atoms with Crippen molar-refractivity contribution in [1.82, 2.24) is 10.2 Å². The molecule has 0 bridgehead atoms. The van der Waals surface area contributed by atoms with Gasteiger partial charge in [0.15, 0.2) is 0 Å². The normalized spacial score (nSPS) is 23.9. The monoisotopic (exact) mass is 254 g/mol. The van der Waals surface area contributed by atoms with Gasteiger partial charge in [0, 0.05) is 32.3 Å². The fourth-order valence-electron chi connectivity index (χ4n) is 2.89. The van der Waals surface area contributed by atoms with E-state index in [1.807, 2.05) is 4.90 Å². The van der Waals surface area contributed by atoms with Crippen LogP contribution in [0.3, 0.4) is 0 Å². The summed E-state index contributed by atoms with van der Waals surface area (Å²) in [4.78, 5) is 14.0. The molecule has 4 heteroatoms. The second-order valence-electron chi connectivity index (χ2n) is 5.56. The van der Waals surface area contributed by atoms with Crippen LogP contribution in [-0.2, 0) is 9.53 Å². The highest BCUT2D eigenvalue weighted by molar-refractivity contribution is 5.78. The summed E-state index contributed by atoms with van der Waals surface area (Å²) in [6, 6.07) is 0.419. The molecule has 0 aromatic carbocycles. The first-order valence-electron chi connectivity index (χ1n) is 7.36. The maximum Gasteiger partial charge on any atom is 0.236 e. The Balaban J connectivity index is 1.67. The minimum Gasteiger partial charge on any atom is -0.381 e. The van der Waals surface area contributed by atoms with Gasteiger partial charge in [-0.15, -0.1) is 0 Å². The van der Waals surface area contributed by atoms with Crippen molar-refractivity contribution in [2.24, 2.45) is 5.92 Å². The molecule has 2 aliphatic heterocycles. The maximum absolute atomic E-state index is 12.0. The van der Waals surface area contributed by atoms with Crippen LogP contribution in [0.25, 0.3) is 0 Å². The summed E-state index contributed by atoms with van der Waals surface area (Å²) in [6.45, 7) is 6.34. The van der Waals surface area contributed by atoms with E-state index in [0.717, 1.165) is 39.1 Å². The van der Waals surface area contributed by atoms with Gasteiger partial charge in [-0.1, -0.05) is 0 Å². The molecule has 4 nitrogen and oxygen atoms in total. The van der Waals surface area contributed by atoms with Gasteiger partial charge in [-0.05, 0) is 44.9 Å². The van der Waals surface area contributed by atoms with E-state index in [2.05, 4.69) is 12.2 Å². The highest BCUT2D eigenvalue weighted by Gasteiger charge is 2.22. The van der Waals surface area contributed by atoms with Gasteiger partial charge < -0.3 is 15.0 Å². The molecule has 0 radical (unpaired) electrons. The number of hydrogen-bond acceptors (Lipinski definition) is 3. The average molecular weight is 254 g/mol. The molecule has 1 N–H and O–H groups in total. The Bertz CT molecular complexity index is 259. The van der Waals surface area contributed by atoms with Crippen LogP contribution in [0.4, 0.5) is 0 Å². The highest BCUT2D eigenvalue weighted by atomic mass is 16.5. The Morgan fingerprint density at radius 2 is 1.94 bits per heavy atom. The maximum atomic E-state index is 12.0. The lowest BCUT2D eigenvalue weighted by molar-refractivity contribution is -0.131. The zero-order valence-corrected chi connectivity index (χ0v) is 11.5. The van der Waals surface area contributed by atoms with Gasteiger partial charge in [0.25, 0.3) is 0 Å². The molecule has 2 aliphatic rings. The molecule has 0 aromatic rings. The number of nitrogens with one attached hydrogen (secondary N) is 1. The number of rotatable bonds is 4. The fraction of sp³-hybridized carbons (Fsp3) is 0.929. The molecule has 104 valence electrons. The lowest BCUT2D eigenvalue weighted by Gasteiger charge is -2.30. The van der Waals surface area contributed by atoms with Gasteiger partial charge in [-0.2, -0.15) is 0 Å². The van der Waals surface area contributed by atoms with E-state index in [1.165, 1.54) is 19.3 Å². The molecule has 2 heterocycles. The van der Waals surface area contributed by atoms with Crippen molar-refractivity contribution >= 4 is 5.91 Å². The van der Waals surface area contributed by atoms with E-state index in [9.17, 15) is 4.79 Å². The van der Waals surface area contributed by atoms with Crippen molar-refractivity contribution in [2.75, 3.05) is 32.8 Å². The van der Waals surface area contributed by atoms with Crippen LogP contribution in [0.1, 0.15) is 39.0 Å². The van der Waals surface area contributed by atoms with E-state index in [0.29, 0.717) is 18.5 Å². The van der Waals surface area contributed by atoms with E-state index >= 15 is 0 Å². The largest absolute Gasteiger partial charge is 0.381 e. The van der Waals surface area contributed by atoms with E-state index in [1.54, 1.807) is 0 Å². The number of ether oxygens (including phenoxy) is 1. The van der Waals surface area contributed by atoms with Crippen molar-refractivity contribution in [1.29, 1.82) is 0 Å². The van der Waals surface area contributed by atoms with E-state index < -0.39 is 0 Å². The lowest BCUT2D eigenvalue weighted by Crippen LogP contribution is -2.45. The van der Waals surface area contributed by atoms with Gasteiger partial charge in [0.05, 0.1) is 6.54 Å². The van der Waals surface area contributed by atoms with Crippen LogP contribution in [0.2, 0.25) is 0 Å². The predicted molar refractivity (Wildman–Crippen MR) is 71.4 cm³/mol. The standard InChI is InChI=1S/C14H26N2O2/c1-12(13-5-9-18-10-6-13)15-11-14(17)16-7-3-2-4-8-16/h12-13,15H,2-11H2,1H3. The van der Waals surface area contributed by atoms with Crippen molar-refractivity contribution < 1.29 is 9.53 Å². The summed E-state index contributed by atoms with van der Waals surface area (Å²) in [5.74, 6) is 0.932. The predicted octanol–water partition coefficient (Wildman–Crippen LogP) is 1.40. The molecule has 0 aromatic heterocycles. The summed E-state index contributed by atoms with van der Waals surface area (Å²) < 4.78 is 5.37. The minimum atomic E-state index is 0.272. The molecule has 1 atom stereocenters. The number of amides is 1. The van der Waals surface area contributed by atoms with Crippen LogP contribution < -0.4 is 5.32 Å². The third kappa shape index (κ3) is 3.95. The quantitative estimate of drug-likeness (QED) is 0.824. The Hall–Kier alpha value is -0.610. The first-order chi connectivity index (χ1) is 8.77. The molecule has 0 spiro atoms. The van der Waals surface area contributed by atoms with Crippen LogP contribution in [-0.4, -0.2) is 49.7 Å². The average Bonchev–Trinajstić information content (AvgIpc) is 2.46. The van der Waals surface area contributed by atoms with Crippen molar-refractivity contribution in [2.45, 2.75) is 45.1 Å².